The van der Waals surface area contributed by atoms with Gasteiger partial charge in [-0.2, -0.15) is 13.2 Å². The SMILES string of the molecule is FC(F)(F)COCCN(CCBr)C1CCCC1. The van der Waals surface area contributed by atoms with Gasteiger partial charge in [-0.05, 0) is 12.8 Å². The highest BCUT2D eigenvalue weighted by molar-refractivity contribution is 9.09. The van der Waals surface area contributed by atoms with Gasteiger partial charge in [0.25, 0.3) is 0 Å². The average molecular weight is 318 g/mol. The molecule has 0 atom stereocenters. The van der Waals surface area contributed by atoms with Gasteiger partial charge >= 0.3 is 6.18 Å². The molecule has 1 rings (SSSR count). The lowest BCUT2D eigenvalue weighted by atomic mass is 10.2. The molecule has 0 N–H and O–H groups in total. The first-order chi connectivity index (χ1) is 8.03. The Hall–Kier alpha value is 0.190. The summed E-state index contributed by atoms with van der Waals surface area (Å²) < 4.78 is 40.3. The number of hydrogen-bond donors (Lipinski definition) is 0. The Morgan fingerprint density at radius 3 is 2.35 bits per heavy atom. The molecule has 0 aromatic heterocycles. The summed E-state index contributed by atoms with van der Waals surface area (Å²) in [5.41, 5.74) is 0. The van der Waals surface area contributed by atoms with Crippen LogP contribution in [0.2, 0.25) is 0 Å². The van der Waals surface area contributed by atoms with Crippen molar-refractivity contribution in [2.75, 3.05) is 31.6 Å². The summed E-state index contributed by atoms with van der Waals surface area (Å²) in [6.07, 6.45) is 0.561. The number of halogens is 4. The Kier molecular flexibility index (Phi) is 6.80. The fourth-order valence-electron chi connectivity index (χ4n) is 2.22. The van der Waals surface area contributed by atoms with Crippen LogP contribution in [-0.4, -0.2) is 48.8 Å². The van der Waals surface area contributed by atoms with Gasteiger partial charge in [0.05, 0.1) is 6.61 Å². The zero-order valence-electron chi connectivity index (χ0n) is 9.81. The Balaban J connectivity index is 2.20. The Morgan fingerprint density at radius 2 is 1.82 bits per heavy atom. The van der Waals surface area contributed by atoms with Crippen LogP contribution in [0.1, 0.15) is 25.7 Å². The lowest BCUT2D eigenvalue weighted by Crippen LogP contribution is -2.37. The van der Waals surface area contributed by atoms with Crippen molar-refractivity contribution >= 4 is 15.9 Å². The van der Waals surface area contributed by atoms with E-state index in [1.165, 1.54) is 12.8 Å². The Labute approximate surface area is 109 Å². The van der Waals surface area contributed by atoms with Crippen molar-refractivity contribution in [3.63, 3.8) is 0 Å². The summed E-state index contributed by atoms with van der Waals surface area (Å²) in [6.45, 7) is 0.481. The molecule has 1 aliphatic carbocycles. The van der Waals surface area contributed by atoms with Crippen molar-refractivity contribution in [2.24, 2.45) is 0 Å². The molecule has 0 bridgehead atoms. The topological polar surface area (TPSA) is 12.5 Å². The Morgan fingerprint density at radius 1 is 1.18 bits per heavy atom. The third-order valence-electron chi connectivity index (χ3n) is 3.00. The van der Waals surface area contributed by atoms with E-state index in [2.05, 4.69) is 25.6 Å². The first-order valence-corrected chi connectivity index (χ1v) is 7.09. The summed E-state index contributed by atoms with van der Waals surface area (Å²) in [7, 11) is 0. The fourth-order valence-corrected chi connectivity index (χ4v) is 2.68. The average Bonchev–Trinajstić information content (AvgIpc) is 2.74. The van der Waals surface area contributed by atoms with Gasteiger partial charge in [0.2, 0.25) is 0 Å². The molecule has 0 aromatic carbocycles. The van der Waals surface area contributed by atoms with Crippen LogP contribution >= 0.6 is 15.9 Å². The molecule has 0 amide bonds. The molecule has 1 aliphatic rings. The molecular weight excluding hydrogens is 299 g/mol. The van der Waals surface area contributed by atoms with Gasteiger partial charge in [-0.1, -0.05) is 28.8 Å². The van der Waals surface area contributed by atoms with Crippen molar-refractivity contribution < 1.29 is 17.9 Å². The maximum atomic E-state index is 11.9. The van der Waals surface area contributed by atoms with E-state index in [0.29, 0.717) is 12.6 Å². The standard InChI is InChI=1S/C11H19BrF3NO/c12-5-6-16(10-3-1-2-4-10)7-8-17-9-11(13,14)15/h10H,1-9H2. The van der Waals surface area contributed by atoms with E-state index in [9.17, 15) is 13.2 Å². The minimum atomic E-state index is -4.21. The number of hydrogen-bond acceptors (Lipinski definition) is 2. The molecule has 0 aromatic rings. The number of rotatable bonds is 7. The predicted molar refractivity (Wildman–Crippen MR) is 64.5 cm³/mol. The molecule has 0 radical (unpaired) electrons. The van der Waals surface area contributed by atoms with Gasteiger partial charge in [0, 0.05) is 24.5 Å². The highest BCUT2D eigenvalue weighted by Crippen LogP contribution is 2.23. The summed E-state index contributed by atoms with van der Waals surface area (Å²) in [5, 5.41) is 0.850. The maximum Gasteiger partial charge on any atom is 0.411 e. The van der Waals surface area contributed by atoms with Gasteiger partial charge < -0.3 is 4.74 Å². The number of alkyl halides is 4. The molecule has 17 heavy (non-hydrogen) atoms. The van der Waals surface area contributed by atoms with E-state index < -0.39 is 12.8 Å². The fraction of sp³-hybridized carbons (Fsp3) is 1.00. The summed E-state index contributed by atoms with van der Waals surface area (Å²) in [6, 6.07) is 0.530. The van der Waals surface area contributed by atoms with Crippen molar-refractivity contribution in [1.29, 1.82) is 0 Å². The quantitative estimate of drug-likeness (QED) is 0.528. The van der Waals surface area contributed by atoms with Crippen LogP contribution in [-0.2, 0) is 4.74 Å². The van der Waals surface area contributed by atoms with Gasteiger partial charge in [0.1, 0.15) is 6.61 Å². The first-order valence-electron chi connectivity index (χ1n) is 5.97. The van der Waals surface area contributed by atoms with Crippen molar-refractivity contribution in [3.8, 4) is 0 Å². The second-order valence-corrected chi connectivity index (χ2v) is 5.12. The summed E-state index contributed by atoms with van der Waals surface area (Å²) in [4.78, 5) is 2.23. The van der Waals surface area contributed by atoms with Crippen LogP contribution in [0.3, 0.4) is 0 Å². The third-order valence-corrected chi connectivity index (χ3v) is 3.36. The molecule has 0 unspecified atom stereocenters. The van der Waals surface area contributed by atoms with E-state index in [4.69, 9.17) is 0 Å². The first kappa shape index (κ1) is 15.2. The van der Waals surface area contributed by atoms with E-state index in [0.717, 1.165) is 24.7 Å². The highest BCUT2D eigenvalue weighted by Gasteiger charge is 2.28. The number of nitrogens with zero attached hydrogens (tertiary/aromatic N) is 1. The van der Waals surface area contributed by atoms with Crippen molar-refractivity contribution in [1.82, 2.24) is 4.90 Å². The number of ether oxygens (including phenoxy) is 1. The van der Waals surface area contributed by atoms with Gasteiger partial charge in [-0.25, -0.2) is 0 Å². The van der Waals surface area contributed by atoms with E-state index >= 15 is 0 Å². The smallest absolute Gasteiger partial charge is 0.371 e. The zero-order valence-corrected chi connectivity index (χ0v) is 11.4. The predicted octanol–water partition coefficient (Wildman–Crippen LogP) is 3.20. The minimum Gasteiger partial charge on any atom is -0.371 e. The molecule has 1 saturated carbocycles. The van der Waals surface area contributed by atoms with Gasteiger partial charge in [0.15, 0.2) is 0 Å². The second-order valence-electron chi connectivity index (χ2n) is 4.33. The lowest BCUT2D eigenvalue weighted by molar-refractivity contribution is -0.174. The van der Waals surface area contributed by atoms with Crippen LogP contribution in [0.4, 0.5) is 13.2 Å². The van der Waals surface area contributed by atoms with Gasteiger partial charge in [-0.3, -0.25) is 4.90 Å². The van der Waals surface area contributed by atoms with E-state index in [-0.39, 0.29) is 6.61 Å². The van der Waals surface area contributed by atoms with Crippen LogP contribution in [0.25, 0.3) is 0 Å². The molecule has 102 valence electrons. The highest BCUT2D eigenvalue weighted by atomic mass is 79.9. The van der Waals surface area contributed by atoms with Crippen molar-refractivity contribution in [2.45, 2.75) is 37.9 Å². The molecule has 1 fully saturated rings. The van der Waals surface area contributed by atoms with E-state index in [1.807, 2.05) is 0 Å². The molecule has 0 aliphatic heterocycles. The van der Waals surface area contributed by atoms with Crippen molar-refractivity contribution in [3.05, 3.63) is 0 Å². The summed E-state index contributed by atoms with van der Waals surface area (Å²) in [5.74, 6) is 0. The van der Waals surface area contributed by atoms with Crippen LogP contribution < -0.4 is 0 Å². The normalized spacial score (nSPS) is 18.2. The lowest BCUT2D eigenvalue weighted by Gasteiger charge is -2.28. The molecule has 2 nitrogen and oxygen atoms in total. The third kappa shape index (κ3) is 6.62. The van der Waals surface area contributed by atoms with Crippen LogP contribution in [0, 0.1) is 0 Å². The monoisotopic (exact) mass is 317 g/mol. The maximum absolute atomic E-state index is 11.9. The molecule has 0 spiro atoms. The molecular formula is C11H19BrF3NO. The second kappa shape index (κ2) is 7.59. The Bertz CT molecular complexity index is 207. The van der Waals surface area contributed by atoms with Gasteiger partial charge in [-0.15, -0.1) is 0 Å². The minimum absolute atomic E-state index is 0.156. The van der Waals surface area contributed by atoms with Crippen LogP contribution in [0.15, 0.2) is 0 Å². The largest absolute Gasteiger partial charge is 0.411 e. The summed E-state index contributed by atoms with van der Waals surface area (Å²) >= 11 is 3.38. The van der Waals surface area contributed by atoms with Crippen LogP contribution in [0.5, 0.6) is 0 Å². The zero-order chi connectivity index (χ0) is 12.7. The van der Waals surface area contributed by atoms with E-state index in [1.54, 1.807) is 0 Å². The molecule has 6 heteroatoms. The molecule has 0 heterocycles. The molecule has 0 saturated heterocycles.